The molecule has 0 N–H and O–H groups in total. The van der Waals surface area contributed by atoms with Gasteiger partial charge >= 0.3 is 26.2 Å². The predicted molar refractivity (Wildman–Crippen MR) is 103 cm³/mol. The van der Waals surface area contributed by atoms with Crippen LogP contribution in [0.4, 0.5) is 0 Å². The fraction of sp³-hybridized carbons (Fsp3) is 0.0435. The van der Waals surface area contributed by atoms with Crippen molar-refractivity contribution in [2.45, 2.75) is 7.43 Å². The molecule has 0 fully saturated rings. The molecule has 0 aliphatic rings. The summed E-state index contributed by atoms with van der Waals surface area (Å²) in [6.45, 7) is 0. The molecule has 130 valence electrons. The predicted octanol–water partition coefficient (Wildman–Crippen LogP) is 0.912. The minimum atomic E-state index is 0. The van der Waals surface area contributed by atoms with Crippen molar-refractivity contribution in [1.29, 1.82) is 0 Å². The first kappa shape index (κ1) is 24.6. The molecule has 0 aliphatic carbocycles. The van der Waals surface area contributed by atoms with Gasteiger partial charge in [0.2, 0.25) is 0 Å². The molecular formula is C23H20Cl2Zr. The van der Waals surface area contributed by atoms with E-state index in [4.69, 9.17) is 0 Å². The average Bonchev–Trinajstić information content (AvgIpc) is 3.19. The van der Waals surface area contributed by atoms with Crippen molar-refractivity contribution in [3.8, 4) is 0 Å². The zero-order valence-electron chi connectivity index (χ0n) is 13.5. The van der Waals surface area contributed by atoms with E-state index in [9.17, 15) is 0 Å². The molecule has 0 heterocycles. The van der Waals surface area contributed by atoms with Gasteiger partial charge in [0, 0.05) is 0 Å². The number of halogens is 2. The molecule has 26 heavy (non-hydrogen) atoms. The van der Waals surface area contributed by atoms with Crippen molar-refractivity contribution < 1.29 is 51.0 Å². The van der Waals surface area contributed by atoms with Crippen molar-refractivity contribution in [2.75, 3.05) is 0 Å². The molecule has 0 aromatic heterocycles. The van der Waals surface area contributed by atoms with Crippen LogP contribution in [0.5, 0.6) is 0 Å². The Balaban J connectivity index is 0.000000436. The Labute approximate surface area is 186 Å². The molecule has 0 spiro atoms. The van der Waals surface area contributed by atoms with Gasteiger partial charge in [-0.2, -0.15) is 17.5 Å². The summed E-state index contributed by atoms with van der Waals surface area (Å²) in [7, 11) is 0. The first-order chi connectivity index (χ1) is 10.9. The summed E-state index contributed by atoms with van der Waals surface area (Å²) in [6, 6.07) is 33.9. The van der Waals surface area contributed by atoms with Crippen LogP contribution in [0.1, 0.15) is 7.43 Å². The van der Waals surface area contributed by atoms with Crippen LogP contribution in [0, 0.1) is 0 Å². The maximum atomic E-state index is 2.24. The van der Waals surface area contributed by atoms with Crippen LogP contribution in [0.25, 0.3) is 32.3 Å². The number of hydrogen-bond donors (Lipinski definition) is 0. The smallest absolute Gasteiger partial charge is 1.00 e. The molecular weight excluding hydrogens is 438 g/mol. The van der Waals surface area contributed by atoms with E-state index in [-0.39, 0.29) is 58.4 Å². The van der Waals surface area contributed by atoms with E-state index in [1.807, 2.05) is 0 Å². The summed E-state index contributed by atoms with van der Waals surface area (Å²) in [5.41, 5.74) is 0. The van der Waals surface area contributed by atoms with Gasteiger partial charge < -0.3 is 24.8 Å². The van der Waals surface area contributed by atoms with Gasteiger partial charge in [-0.3, -0.25) is 0 Å². The molecule has 0 aliphatic heterocycles. The molecule has 0 unspecified atom stereocenters. The minimum absolute atomic E-state index is 0. The third kappa shape index (κ3) is 5.07. The molecule has 0 saturated carbocycles. The molecule has 0 nitrogen and oxygen atoms in total. The van der Waals surface area contributed by atoms with E-state index in [1.165, 1.54) is 32.3 Å². The van der Waals surface area contributed by atoms with Gasteiger partial charge in [-0.1, -0.05) is 49.9 Å². The number of hydrogen-bond acceptors (Lipinski definition) is 0. The monoisotopic (exact) mass is 456 g/mol. The van der Waals surface area contributed by atoms with E-state index in [2.05, 4.69) is 97.1 Å². The van der Waals surface area contributed by atoms with Crippen LogP contribution in [0.3, 0.4) is 0 Å². The summed E-state index contributed by atoms with van der Waals surface area (Å²) in [5.74, 6) is 0. The van der Waals surface area contributed by atoms with Crippen LogP contribution in [0.2, 0.25) is 0 Å². The van der Waals surface area contributed by atoms with E-state index >= 15 is 0 Å². The topological polar surface area (TPSA) is 0 Å². The van der Waals surface area contributed by atoms with Crippen molar-refractivity contribution in [2.24, 2.45) is 0 Å². The van der Waals surface area contributed by atoms with Gasteiger partial charge in [-0.25, -0.2) is 0 Å². The van der Waals surface area contributed by atoms with E-state index in [0.29, 0.717) is 0 Å². The Morgan fingerprint density at radius 1 is 0.538 bits per heavy atom. The molecule has 3 heteroatoms. The average molecular weight is 459 g/mol. The summed E-state index contributed by atoms with van der Waals surface area (Å²) in [5, 5.41) is 8.05. The second kappa shape index (κ2) is 11.3. The Kier molecular flexibility index (Phi) is 10.7. The Bertz CT molecular complexity index is 963. The van der Waals surface area contributed by atoms with Crippen LogP contribution in [-0.2, 0) is 26.2 Å². The normalized spacial score (nSPS) is 9.08. The van der Waals surface area contributed by atoms with Crippen LogP contribution in [-0.4, -0.2) is 0 Å². The van der Waals surface area contributed by atoms with E-state index in [0.717, 1.165) is 0 Å². The number of fused-ring (bicyclic) bond motifs is 4. The summed E-state index contributed by atoms with van der Waals surface area (Å²) < 4.78 is 0. The maximum Gasteiger partial charge on any atom is 4.00 e. The molecule has 5 rings (SSSR count). The second-order valence-corrected chi connectivity index (χ2v) is 5.47. The Morgan fingerprint density at radius 3 is 1.54 bits per heavy atom. The first-order valence-electron chi connectivity index (χ1n) is 7.55. The quantitative estimate of drug-likeness (QED) is 0.303. The third-order valence-corrected chi connectivity index (χ3v) is 4.07. The fourth-order valence-electron chi connectivity index (χ4n) is 2.97. The third-order valence-electron chi connectivity index (χ3n) is 4.07. The Hall–Kier alpha value is -1.40. The minimum Gasteiger partial charge on any atom is -1.00 e. The fourth-order valence-corrected chi connectivity index (χ4v) is 2.97. The van der Waals surface area contributed by atoms with Crippen molar-refractivity contribution in [1.82, 2.24) is 0 Å². The van der Waals surface area contributed by atoms with Gasteiger partial charge in [-0.15, -0.1) is 69.4 Å². The van der Waals surface area contributed by atoms with Gasteiger partial charge in [0.25, 0.3) is 0 Å². The standard InChI is InChI=1S/C13H9.C9H7.CH4.2ClH.Zr/c1-3-7-12-10(5-1)9-11-6-2-4-8-13(11)12;1-2-5-9-7-3-6-8(9)4-1;;;;/h1-9H;1-7H;1H4;2*1H;/q2*-1;;;;+4/p-2. The largest absolute Gasteiger partial charge is 4.00 e. The molecule has 0 radical (unpaired) electrons. The number of rotatable bonds is 0. The van der Waals surface area contributed by atoms with Crippen LogP contribution < -0.4 is 24.8 Å². The second-order valence-electron chi connectivity index (χ2n) is 5.47. The molecule has 0 saturated heterocycles. The van der Waals surface area contributed by atoms with Gasteiger partial charge in [0.1, 0.15) is 0 Å². The van der Waals surface area contributed by atoms with Crippen molar-refractivity contribution in [3.05, 3.63) is 97.1 Å². The molecule has 0 bridgehead atoms. The van der Waals surface area contributed by atoms with Crippen molar-refractivity contribution in [3.63, 3.8) is 0 Å². The van der Waals surface area contributed by atoms with E-state index in [1.54, 1.807) is 0 Å². The molecule has 5 aromatic rings. The van der Waals surface area contributed by atoms with Crippen molar-refractivity contribution >= 4 is 32.3 Å². The van der Waals surface area contributed by atoms with Crippen LogP contribution >= 0.6 is 0 Å². The zero-order chi connectivity index (χ0) is 14.8. The Morgan fingerprint density at radius 2 is 1.00 bits per heavy atom. The maximum absolute atomic E-state index is 2.24. The van der Waals surface area contributed by atoms with Gasteiger partial charge in [0.15, 0.2) is 0 Å². The summed E-state index contributed by atoms with van der Waals surface area (Å²) in [6.07, 6.45) is 0. The SMILES string of the molecule is C.[Cl-].[Cl-].[Zr+4].c1ccc2[cH-]ccc2c1.c1ccc2c(c1)[cH-]c1ccccc12. The van der Waals surface area contributed by atoms with E-state index < -0.39 is 0 Å². The van der Waals surface area contributed by atoms with Crippen LogP contribution in [0.15, 0.2) is 97.1 Å². The summed E-state index contributed by atoms with van der Waals surface area (Å²) in [4.78, 5) is 0. The zero-order valence-corrected chi connectivity index (χ0v) is 17.5. The van der Waals surface area contributed by atoms with Gasteiger partial charge in [-0.05, 0) is 0 Å². The summed E-state index contributed by atoms with van der Waals surface area (Å²) >= 11 is 0. The molecule has 5 aromatic carbocycles. The number of benzene rings is 3. The van der Waals surface area contributed by atoms with Gasteiger partial charge in [0.05, 0.1) is 0 Å². The first-order valence-corrected chi connectivity index (χ1v) is 7.55. The molecule has 0 atom stereocenters. The molecule has 0 amide bonds.